The summed E-state index contributed by atoms with van der Waals surface area (Å²) >= 11 is 0. The second kappa shape index (κ2) is 5.78. The number of carbonyl (C=O) groups is 2. The van der Waals surface area contributed by atoms with Gasteiger partial charge in [-0.2, -0.15) is 10.2 Å². The van der Waals surface area contributed by atoms with Crippen LogP contribution in [0.2, 0.25) is 0 Å². The summed E-state index contributed by atoms with van der Waals surface area (Å²) in [7, 11) is 3.52. The van der Waals surface area contributed by atoms with Crippen LogP contribution in [-0.2, 0) is 24.9 Å². The van der Waals surface area contributed by atoms with Crippen LogP contribution in [0.5, 0.6) is 0 Å². The Hall–Kier alpha value is -2.64. The van der Waals surface area contributed by atoms with Gasteiger partial charge < -0.3 is 10.0 Å². The zero-order valence-corrected chi connectivity index (χ0v) is 12.1. The monoisotopic (exact) mass is 291 g/mol. The maximum absolute atomic E-state index is 12.1. The lowest BCUT2D eigenvalue weighted by atomic mass is 10.2. The minimum atomic E-state index is -1.11. The zero-order valence-electron chi connectivity index (χ0n) is 12.1. The molecule has 0 aliphatic carbocycles. The summed E-state index contributed by atoms with van der Waals surface area (Å²) in [4.78, 5) is 24.4. The lowest BCUT2D eigenvalue weighted by Crippen LogP contribution is -2.30. The van der Waals surface area contributed by atoms with Crippen LogP contribution < -0.4 is 0 Å². The average molecular weight is 291 g/mol. The van der Waals surface area contributed by atoms with Crippen molar-refractivity contribution in [3.8, 4) is 0 Å². The number of amides is 1. The molecule has 0 aromatic carbocycles. The van der Waals surface area contributed by atoms with Gasteiger partial charge in [0.2, 0.25) is 5.91 Å². The molecular weight excluding hydrogens is 274 g/mol. The summed E-state index contributed by atoms with van der Waals surface area (Å²) in [5.74, 6) is -1.26. The van der Waals surface area contributed by atoms with Crippen LogP contribution in [0.3, 0.4) is 0 Å². The SMILES string of the molecule is Cc1nn(C)cc1CN(C)C(=O)Cn1ccc(C(=O)O)n1. The first-order chi connectivity index (χ1) is 9.86. The van der Waals surface area contributed by atoms with Crippen molar-refractivity contribution >= 4 is 11.9 Å². The number of carboxylic acid groups (broad SMARTS) is 1. The van der Waals surface area contributed by atoms with Crippen LogP contribution >= 0.6 is 0 Å². The highest BCUT2D eigenvalue weighted by molar-refractivity contribution is 5.85. The predicted octanol–water partition coefficient (Wildman–Crippen LogP) is 0.282. The molecule has 8 nitrogen and oxygen atoms in total. The highest BCUT2D eigenvalue weighted by Crippen LogP contribution is 2.08. The van der Waals surface area contributed by atoms with Gasteiger partial charge in [0.15, 0.2) is 5.69 Å². The van der Waals surface area contributed by atoms with E-state index >= 15 is 0 Å². The Balaban J connectivity index is 1.99. The number of hydrogen-bond acceptors (Lipinski definition) is 4. The van der Waals surface area contributed by atoms with Gasteiger partial charge in [-0.05, 0) is 13.0 Å². The van der Waals surface area contributed by atoms with Gasteiger partial charge in [0.1, 0.15) is 6.54 Å². The Labute approximate surface area is 121 Å². The number of carbonyl (C=O) groups excluding carboxylic acids is 1. The molecule has 8 heteroatoms. The Morgan fingerprint density at radius 2 is 2.10 bits per heavy atom. The first kappa shape index (κ1) is 14.8. The lowest BCUT2D eigenvalue weighted by molar-refractivity contribution is -0.131. The highest BCUT2D eigenvalue weighted by atomic mass is 16.4. The van der Waals surface area contributed by atoms with Gasteiger partial charge in [0.05, 0.1) is 5.69 Å². The Morgan fingerprint density at radius 3 is 2.62 bits per heavy atom. The largest absolute Gasteiger partial charge is 0.476 e. The molecule has 0 bridgehead atoms. The number of aromatic carboxylic acids is 1. The van der Waals surface area contributed by atoms with E-state index < -0.39 is 5.97 Å². The van der Waals surface area contributed by atoms with Gasteiger partial charge in [-0.25, -0.2) is 4.79 Å². The molecule has 21 heavy (non-hydrogen) atoms. The summed E-state index contributed by atoms with van der Waals surface area (Å²) in [6, 6.07) is 1.36. The minimum Gasteiger partial charge on any atom is -0.476 e. The number of carboxylic acids is 1. The van der Waals surface area contributed by atoms with E-state index in [1.165, 1.54) is 16.9 Å². The van der Waals surface area contributed by atoms with E-state index in [2.05, 4.69) is 10.2 Å². The molecule has 0 aliphatic heterocycles. The van der Waals surface area contributed by atoms with Gasteiger partial charge in [0, 0.05) is 38.6 Å². The van der Waals surface area contributed by atoms with Crippen molar-refractivity contribution in [2.24, 2.45) is 7.05 Å². The summed E-state index contributed by atoms with van der Waals surface area (Å²) < 4.78 is 3.02. The van der Waals surface area contributed by atoms with E-state index in [0.29, 0.717) is 6.54 Å². The molecule has 0 saturated heterocycles. The maximum Gasteiger partial charge on any atom is 0.356 e. The maximum atomic E-state index is 12.1. The summed E-state index contributed by atoms with van der Waals surface area (Å²) in [6.07, 6.45) is 3.35. The summed E-state index contributed by atoms with van der Waals surface area (Å²) in [5.41, 5.74) is 1.78. The molecule has 0 unspecified atom stereocenters. The van der Waals surface area contributed by atoms with Crippen molar-refractivity contribution in [3.05, 3.63) is 35.4 Å². The number of hydrogen-bond donors (Lipinski definition) is 1. The smallest absolute Gasteiger partial charge is 0.356 e. The van der Waals surface area contributed by atoms with Crippen molar-refractivity contribution in [2.75, 3.05) is 7.05 Å². The van der Waals surface area contributed by atoms with E-state index in [-0.39, 0.29) is 18.1 Å². The van der Waals surface area contributed by atoms with Crippen LogP contribution in [0.25, 0.3) is 0 Å². The fourth-order valence-corrected chi connectivity index (χ4v) is 1.97. The van der Waals surface area contributed by atoms with Gasteiger partial charge in [-0.3, -0.25) is 14.2 Å². The fraction of sp³-hybridized carbons (Fsp3) is 0.385. The fourth-order valence-electron chi connectivity index (χ4n) is 1.97. The van der Waals surface area contributed by atoms with Crippen molar-refractivity contribution in [1.29, 1.82) is 0 Å². The van der Waals surface area contributed by atoms with Gasteiger partial charge in [-0.15, -0.1) is 0 Å². The molecule has 1 amide bonds. The van der Waals surface area contributed by atoms with Crippen LogP contribution in [0.15, 0.2) is 18.5 Å². The molecule has 2 aromatic heterocycles. The van der Waals surface area contributed by atoms with Crippen molar-refractivity contribution in [1.82, 2.24) is 24.5 Å². The van der Waals surface area contributed by atoms with Gasteiger partial charge in [-0.1, -0.05) is 0 Å². The Bertz CT molecular complexity index is 673. The number of likely N-dealkylation sites (N-methyl/N-ethyl adjacent to an activating group) is 1. The molecule has 2 aromatic rings. The van der Waals surface area contributed by atoms with E-state index in [9.17, 15) is 9.59 Å². The Kier molecular flexibility index (Phi) is 4.06. The standard InChI is InChI=1S/C13H17N5O3/c1-9-10(7-17(3)14-9)6-16(2)12(19)8-18-5-4-11(15-18)13(20)21/h4-5,7H,6,8H2,1-3H3,(H,20,21). The average Bonchev–Trinajstić information content (AvgIpc) is 2.97. The van der Waals surface area contributed by atoms with Gasteiger partial charge in [0.25, 0.3) is 0 Å². The third-order valence-corrected chi connectivity index (χ3v) is 3.11. The number of nitrogens with zero attached hydrogens (tertiary/aromatic N) is 5. The molecule has 0 saturated carbocycles. The van der Waals surface area contributed by atoms with Crippen LogP contribution in [0, 0.1) is 6.92 Å². The van der Waals surface area contributed by atoms with E-state index in [1.54, 1.807) is 16.6 Å². The van der Waals surface area contributed by atoms with E-state index in [1.807, 2.05) is 20.2 Å². The molecule has 0 fully saturated rings. The second-order valence-electron chi connectivity index (χ2n) is 4.87. The van der Waals surface area contributed by atoms with Crippen LogP contribution in [0.4, 0.5) is 0 Å². The first-order valence-corrected chi connectivity index (χ1v) is 6.36. The zero-order chi connectivity index (χ0) is 15.6. The minimum absolute atomic E-state index is 0.00307. The normalized spacial score (nSPS) is 10.6. The van der Waals surface area contributed by atoms with E-state index in [0.717, 1.165) is 11.3 Å². The summed E-state index contributed by atoms with van der Waals surface area (Å²) in [5, 5.41) is 16.8. The topological polar surface area (TPSA) is 93.2 Å². The number of aromatic nitrogens is 4. The second-order valence-corrected chi connectivity index (χ2v) is 4.87. The molecular formula is C13H17N5O3. The molecule has 0 aliphatic rings. The predicted molar refractivity (Wildman–Crippen MR) is 73.6 cm³/mol. The third-order valence-electron chi connectivity index (χ3n) is 3.11. The molecule has 0 spiro atoms. The first-order valence-electron chi connectivity index (χ1n) is 6.36. The van der Waals surface area contributed by atoms with E-state index in [4.69, 9.17) is 5.11 Å². The molecule has 2 heterocycles. The summed E-state index contributed by atoms with van der Waals surface area (Å²) in [6.45, 7) is 2.34. The van der Waals surface area contributed by atoms with Crippen LogP contribution in [0.1, 0.15) is 21.7 Å². The molecule has 2 rings (SSSR count). The van der Waals surface area contributed by atoms with Crippen molar-refractivity contribution < 1.29 is 14.7 Å². The van der Waals surface area contributed by atoms with Crippen molar-refractivity contribution in [3.63, 3.8) is 0 Å². The highest BCUT2D eigenvalue weighted by Gasteiger charge is 2.14. The molecule has 0 radical (unpaired) electrons. The molecule has 1 N–H and O–H groups in total. The lowest BCUT2D eigenvalue weighted by Gasteiger charge is -2.16. The number of aryl methyl sites for hydroxylation is 2. The van der Waals surface area contributed by atoms with Crippen molar-refractivity contribution in [2.45, 2.75) is 20.0 Å². The molecule has 0 atom stereocenters. The van der Waals surface area contributed by atoms with Crippen LogP contribution in [-0.4, -0.2) is 48.5 Å². The number of rotatable bonds is 5. The quantitative estimate of drug-likeness (QED) is 0.854. The van der Waals surface area contributed by atoms with Gasteiger partial charge >= 0.3 is 5.97 Å². The third kappa shape index (κ3) is 3.47. The Morgan fingerprint density at radius 1 is 1.38 bits per heavy atom. The molecule has 112 valence electrons.